The van der Waals surface area contributed by atoms with Crippen LogP contribution in [0.4, 0.5) is 0 Å². The van der Waals surface area contributed by atoms with E-state index in [1.807, 2.05) is 90.9 Å². The molecule has 31 heavy (non-hydrogen) atoms. The number of aryl methyl sites for hydroxylation is 3. The third-order valence-electron chi connectivity index (χ3n) is 5.05. The number of nitrogens with zero attached hydrogens (tertiary/aromatic N) is 1. The Morgan fingerprint density at radius 2 is 1.61 bits per heavy atom. The highest BCUT2D eigenvalue weighted by atomic mass is 16.5. The van der Waals surface area contributed by atoms with Gasteiger partial charge < -0.3 is 15.0 Å². The molecule has 0 radical (unpaired) electrons. The van der Waals surface area contributed by atoms with Crippen molar-refractivity contribution in [1.82, 2.24) is 10.2 Å². The van der Waals surface area contributed by atoms with Crippen molar-refractivity contribution in [3.8, 4) is 5.75 Å². The molecule has 2 aromatic carbocycles. The van der Waals surface area contributed by atoms with E-state index in [0.29, 0.717) is 18.7 Å². The van der Waals surface area contributed by atoms with Crippen LogP contribution in [0.25, 0.3) is 0 Å². The maximum atomic E-state index is 13.3. The number of ether oxygens (including phenoxy) is 1. The van der Waals surface area contributed by atoms with Gasteiger partial charge in [-0.2, -0.15) is 0 Å². The molecule has 0 bridgehead atoms. The van der Waals surface area contributed by atoms with E-state index in [1.165, 1.54) is 0 Å². The summed E-state index contributed by atoms with van der Waals surface area (Å²) in [6.45, 7) is 13.9. The molecule has 0 saturated carbocycles. The maximum Gasteiger partial charge on any atom is 0.261 e. The van der Waals surface area contributed by atoms with Crippen LogP contribution < -0.4 is 10.1 Å². The summed E-state index contributed by atoms with van der Waals surface area (Å²) >= 11 is 0. The summed E-state index contributed by atoms with van der Waals surface area (Å²) in [4.78, 5) is 27.9. The van der Waals surface area contributed by atoms with Crippen LogP contribution >= 0.6 is 0 Å². The molecule has 0 aliphatic heterocycles. The van der Waals surface area contributed by atoms with Gasteiger partial charge in [-0.05, 0) is 70.7 Å². The molecule has 168 valence electrons. The molecule has 2 aromatic rings. The van der Waals surface area contributed by atoms with Crippen LogP contribution in [0.2, 0.25) is 0 Å². The second-order valence-electron chi connectivity index (χ2n) is 9.23. The van der Waals surface area contributed by atoms with Gasteiger partial charge in [-0.15, -0.1) is 0 Å². The number of benzene rings is 2. The molecular formula is C26H36N2O3. The van der Waals surface area contributed by atoms with E-state index in [2.05, 4.69) is 5.32 Å². The van der Waals surface area contributed by atoms with E-state index >= 15 is 0 Å². The third-order valence-corrected chi connectivity index (χ3v) is 5.05. The lowest BCUT2D eigenvalue weighted by atomic mass is 10.1. The summed E-state index contributed by atoms with van der Waals surface area (Å²) in [5.74, 6) is 0.329. The number of hydrogen-bond donors (Lipinski definition) is 1. The standard InChI is InChI=1S/C26H36N2O3/c1-8-22(25(30)27-26(5,6)7)28(16-21-13-10-18(2)11-14-21)24(29)17-31-23-15-19(3)9-12-20(23)4/h9-15,22H,8,16-17H2,1-7H3,(H,27,30)/t22-/m1/s1. The lowest BCUT2D eigenvalue weighted by Crippen LogP contribution is -2.54. The van der Waals surface area contributed by atoms with Gasteiger partial charge in [-0.1, -0.05) is 48.9 Å². The van der Waals surface area contributed by atoms with Crippen LogP contribution in [0.1, 0.15) is 56.4 Å². The highest BCUT2D eigenvalue weighted by Crippen LogP contribution is 2.20. The molecule has 5 heteroatoms. The van der Waals surface area contributed by atoms with Gasteiger partial charge in [-0.25, -0.2) is 0 Å². The van der Waals surface area contributed by atoms with E-state index in [1.54, 1.807) is 4.90 Å². The number of carbonyl (C=O) groups is 2. The molecule has 0 unspecified atom stereocenters. The SMILES string of the molecule is CC[C@H](C(=O)NC(C)(C)C)N(Cc1ccc(C)cc1)C(=O)COc1cc(C)ccc1C. The lowest BCUT2D eigenvalue weighted by Gasteiger charge is -2.33. The first kappa shape index (κ1) is 24.4. The smallest absolute Gasteiger partial charge is 0.261 e. The fourth-order valence-electron chi connectivity index (χ4n) is 3.35. The summed E-state index contributed by atoms with van der Waals surface area (Å²) in [6, 6.07) is 13.4. The number of carbonyl (C=O) groups excluding carboxylic acids is 2. The Balaban J connectivity index is 2.26. The minimum absolute atomic E-state index is 0.116. The van der Waals surface area contributed by atoms with Crippen molar-refractivity contribution in [1.29, 1.82) is 0 Å². The average Bonchev–Trinajstić information content (AvgIpc) is 2.68. The Hall–Kier alpha value is -2.82. The van der Waals surface area contributed by atoms with E-state index in [4.69, 9.17) is 4.74 Å². The zero-order chi connectivity index (χ0) is 23.2. The molecule has 0 saturated heterocycles. The normalized spacial score (nSPS) is 12.2. The van der Waals surface area contributed by atoms with Gasteiger partial charge in [-0.3, -0.25) is 9.59 Å². The largest absolute Gasteiger partial charge is 0.483 e. The van der Waals surface area contributed by atoms with Crippen molar-refractivity contribution in [2.45, 2.75) is 73.0 Å². The Bertz CT molecular complexity index is 898. The summed E-state index contributed by atoms with van der Waals surface area (Å²) in [5, 5.41) is 3.02. The van der Waals surface area contributed by atoms with E-state index < -0.39 is 6.04 Å². The van der Waals surface area contributed by atoms with Crippen LogP contribution in [0.5, 0.6) is 5.75 Å². The molecule has 1 atom stereocenters. The summed E-state index contributed by atoms with van der Waals surface area (Å²) in [6.07, 6.45) is 0.517. The van der Waals surface area contributed by atoms with Crippen molar-refractivity contribution >= 4 is 11.8 Å². The predicted octanol–water partition coefficient (Wildman–Crippen LogP) is 4.71. The number of rotatable bonds is 8. The van der Waals surface area contributed by atoms with Gasteiger partial charge in [0.15, 0.2) is 6.61 Å². The summed E-state index contributed by atoms with van der Waals surface area (Å²) in [5.41, 5.74) is 3.80. The number of hydrogen-bond acceptors (Lipinski definition) is 3. The van der Waals surface area contributed by atoms with Crippen LogP contribution in [-0.2, 0) is 16.1 Å². The molecule has 0 aliphatic carbocycles. The fraction of sp³-hybridized carbons (Fsp3) is 0.462. The highest BCUT2D eigenvalue weighted by Gasteiger charge is 2.30. The molecule has 2 rings (SSSR count). The molecule has 1 N–H and O–H groups in total. The molecule has 0 fully saturated rings. The Morgan fingerprint density at radius 3 is 2.19 bits per heavy atom. The Morgan fingerprint density at radius 1 is 1.00 bits per heavy atom. The zero-order valence-electron chi connectivity index (χ0n) is 19.9. The predicted molar refractivity (Wildman–Crippen MR) is 125 cm³/mol. The summed E-state index contributed by atoms with van der Waals surface area (Å²) in [7, 11) is 0. The molecule has 0 aromatic heterocycles. The monoisotopic (exact) mass is 424 g/mol. The summed E-state index contributed by atoms with van der Waals surface area (Å²) < 4.78 is 5.87. The first-order chi connectivity index (χ1) is 14.5. The second-order valence-corrected chi connectivity index (χ2v) is 9.23. The second kappa shape index (κ2) is 10.5. The molecule has 0 spiro atoms. The van der Waals surface area contributed by atoms with Gasteiger partial charge in [0.25, 0.3) is 5.91 Å². The number of nitrogens with one attached hydrogen (secondary N) is 1. The van der Waals surface area contributed by atoms with Gasteiger partial charge in [0.1, 0.15) is 11.8 Å². The van der Waals surface area contributed by atoms with Crippen LogP contribution in [0.15, 0.2) is 42.5 Å². The van der Waals surface area contributed by atoms with E-state index in [-0.39, 0.29) is 24.0 Å². The van der Waals surface area contributed by atoms with Crippen LogP contribution in [0.3, 0.4) is 0 Å². The van der Waals surface area contributed by atoms with Gasteiger partial charge in [0, 0.05) is 12.1 Å². The van der Waals surface area contributed by atoms with Gasteiger partial charge >= 0.3 is 0 Å². The Kier molecular flexibility index (Phi) is 8.26. The average molecular weight is 425 g/mol. The minimum Gasteiger partial charge on any atom is -0.483 e. The van der Waals surface area contributed by atoms with Crippen molar-refractivity contribution in [3.05, 3.63) is 64.7 Å². The minimum atomic E-state index is -0.574. The first-order valence-electron chi connectivity index (χ1n) is 10.9. The zero-order valence-corrected chi connectivity index (χ0v) is 19.9. The maximum absolute atomic E-state index is 13.3. The van der Waals surface area contributed by atoms with Gasteiger partial charge in [0.05, 0.1) is 0 Å². The van der Waals surface area contributed by atoms with Crippen molar-refractivity contribution in [2.24, 2.45) is 0 Å². The first-order valence-corrected chi connectivity index (χ1v) is 10.9. The van der Waals surface area contributed by atoms with Crippen molar-refractivity contribution in [3.63, 3.8) is 0 Å². The van der Waals surface area contributed by atoms with Crippen LogP contribution in [-0.4, -0.2) is 34.9 Å². The van der Waals surface area contributed by atoms with E-state index in [9.17, 15) is 9.59 Å². The molecule has 2 amide bonds. The topological polar surface area (TPSA) is 58.6 Å². The highest BCUT2D eigenvalue weighted by molar-refractivity contribution is 5.88. The molecular weight excluding hydrogens is 388 g/mol. The van der Waals surface area contributed by atoms with E-state index in [0.717, 1.165) is 22.3 Å². The van der Waals surface area contributed by atoms with Crippen LogP contribution in [0, 0.1) is 20.8 Å². The fourth-order valence-corrected chi connectivity index (χ4v) is 3.35. The van der Waals surface area contributed by atoms with Crippen molar-refractivity contribution in [2.75, 3.05) is 6.61 Å². The van der Waals surface area contributed by atoms with Gasteiger partial charge in [0.2, 0.25) is 5.91 Å². The lowest BCUT2D eigenvalue weighted by molar-refractivity contribution is -0.143. The number of amides is 2. The Labute approximate surface area is 186 Å². The third kappa shape index (κ3) is 7.42. The molecule has 5 nitrogen and oxygen atoms in total. The van der Waals surface area contributed by atoms with Crippen molar-refractivity contribution < 1.29 is 14.3 Å². The quantitative estimate of drug-likeness (QED) is 0.667. The molecule has 0 heterocycles. The molecule has 0 aliphatic rings.